The Hall–Kier alpha value is -3.70. The van der Waals surface area contributed by atoms with Crippen molar-refractivity contribution in [3.8, 4) is 0 Å². The summed E-state index contributed by atoms with van der Waals surface area (Å²) in [5.74, 6) is -3.92. The van der Waals surface area contributed by atoms with Gasteiger partial charge in [0.15, 0.2) is 18.2 Å². The Morgan fingerprint density at radius 3 is 1.26 bits per heavy atom. The van der Waals surface area contributed by atoms with Gasteiger partial charge in [-0.25, -0.2) is 9.59 Å². The molecule has 0 aliphatic heterocycles. The lowest BCUT2D eigenvalue weighted by molar-refractivity contribution is -0.164. The Morgan fingerprint density at radius 1 is 0.681 bits per heavy atom. The Morgan fingerprint density at radius 2 is 1.00 bits per heavy atom. The molecule has 264 valence electrons. The highest BCUT2D eigenvalue weighted by Crippen LogP contribution is 2.35. The van der Waals surface area contributed by atoms with E-state index in [2.05, 4.69) is 5.32 Å². The predicted octanol–water partition coefficient (Wildman–Crippen LogP) is -3.44. The number of carbonyl (C=O) groups is 2. The van der Waals surface area contributed by atoms with Crippen LogP contribution in [0.25, 0.3) is 0 Å². The van der Waals surface area contributed by atoms with Crippen molar-refractivity contribution in [1.29, 1.82) is 10.8 Å². The van der Waals surface area contributed by atoms with Crippen molar-refractivity contribution in [2.75, 3.05) is 18.1 Å². The van der Waals surface area contributed by atoms with Gasteiger partial charge in [0.1, 0.15) is 36.6 Å². The van der Waals surface area contributed by atoms with E-state index in [0.717, 1.165) is 0 Å². The molecule has 2 aromatic rings. The van der Waals surface area contributed by atoms with Crippen LogP contribution in [0.4, 0.5) is 11.4 Å². The minimum Gasteiger partial charge on any atom is -0.479 e. The topological polar surface area (TPSA) is 366 Å². The number of aliphatic carboxylic acids is 2. The van der Waals surface area contributed by atoms with Crippen LogP contribution >= 0.6 is 23.2 Å². The maximum atomic E-state index is 10.1. The van der Waals surface area contributed by atoms with Gasteiger partial charge in [-0.1, -0.05) is 47.5 Å². The quantitative estimate of drug-likeness (QED) is 0.0751. The zero-order valence-corrected chi connectivity index (χ0v) is 25.6. The maximum Gasteiger partial charge on any atom is 0.335 e. The van der Waals surface area contributed by atoms with E-state index in [0.29, 0.717) is 21.4 Å². The zero-order chi connectivity index (χ0) is 36.6. The highest BCUT2D eigenvalue weighted by molar-refractivity contribution is 6.36. The number of hydrogen-bond acceptors (Lipinski definition) is 14. The molecule has 0 aliphatic rings. The first-order chi connectivity index (χ1) is 21.8. The molecule has 21 heteroatoms. The molecular weight excluding hydrogens is 677 g/mol. The molecule has 0 heterocycles. The number of rotatable bonds is 12. The first-order valence-electron chi connectivity index (χ1n) is 12.9. The van der Waals surface area contributed by atoms with Gasteiger partial charge in [-0.15, -0.1) is 0 Å². The number of benzene rings is 2. The van der Waals surface area contributed by atoms with Crippen LogP contribution in [-0.4, -0.2) is 147 Å². The lowest BCUT2D eigenvalue weighted by Crippen LogP contribution is -2.48. The van der Waals surface area contributed by atoms with E-state index in [1.54, 1.807) is 48.5 Å². The third kappa shape index (κ3) is 13.9. The van der Waals surface area contributed by atoms with Crippen molar-refractivity contribution in [3.63, 3.8) is 0 Å². The number of nitrogens with zero attached hydrogens (tertiary/aromatic N) is 1. The van der Waals surface area contributed by atoms with Crippen molar-refractivity contribution in [2.24, 2.45) is 5.73 Å². The molecule has 8 atom stereocenters. The molecule has 2 aromatic carbocycles. The second-order valence-corrected chi connectivity index (χ2v) is 9.97. The summed E-state index contributed by atoms with van der Waals surface area (Å²) in [5.41, 5.74) is 6.42. The number of para-hydroxylation sites is 2. The molecular formula is C26H37Cl2N5O14. The minimum absolute atomic E-state index is 0.122. The summed E-state index contributed by atoms with van der Waals surface area (Å²) in [6.07, 6.45) is -15.7. The smallest absolute Gasteiger partial charge is 0.335 e. The van der Waals surface area contributed by atoms with E-state index < -0.39 is 74.0 Å². The summed E-state index contributed by atoms with van der Waals surface area (Å²) in [5, 5.41) is 122. The summed E-state index contributed by atoms with van der Waals surface area (Å²) in [6.45, 7) is -1.69. The highest BCUT2D eigenvalue weighted by atomic mass is 35.5. The first-order valence-corrected chi connectivity index (χ1v) is 13.7. The molecule has 19 nitrogen and oxygen atoms in total. The summed E-state index contributed by atoms with van der Waals surface area (Å²) >= 11 is 12.4. The van der Waals surface area contributed by atoms with E-state index in [1.807, 2.05) is 0 Å². The number of aliphatic hydroxyl groups is 10. The zero-order valence-electron chi connectivity index (χ0n) is 24.1. The normalized spacial score (nSPS) is 15.7. The van der Waals surface area contributed by atoms with Gasteiger partial charge < -0.3 is 67.0 Å². The van der Waals surface area contributed by atoms with Gasteiger partial charge >= 0.3 is 11.9 Å². The molecule has 17 N–H and O–H groups in total. The average Bonchev–Trinajstić information content (AvgIpc) is 3.03. The van der Waals surface area contributed by atoms with Crippen molar-refractivity contribution in [2.45, 2.75) is 48.8 Å². The number of carboxylic acid groups (broad SMARTS) is 2. The van der Waals surface area contributed by atoms with Gasteiger partial charge in [-0.05, 0) is 24.3 Å². The van der Waals surface area contributed by atoms with Crippen LogP contribution in [0.2, 0.25) is 10.0 Å². The number of nitrogens with one attached hydrogen (secondary N) is 3. The third-order valence-corrected chi connectivity index (χ3v) is 6.32. The molecule has 0 unspecified atom stereocenters. The Bertz CT molecular complexity index is 1230. The molecule has 0 radical (unpaired) electrons. The van der Waals surface area contributed by atoms with Crippen LogP contribution in [0.1, 0.15) is 0 Å². The fourth-order valence-electron chi connectivity index (χ4n) is 3.16. The average molecular weight is 715 g/mol. The number of halogens is 2. The largest absolute Gasteiger partial charge is 0.479 e. The number of guanidine groups is 2. The SMILES string of the molecule is N=C(N)NC(=N)N(c1ccccc1Cl)c1ccccc1Cl.O=C(O)[C@H](O)[C@@H](O)[C@H](O)[C@H](O)CO.O=C(O)[C@H](O)[C@@H](O)[C@H](O)[C@H](O)CO. The summed E-state index contributed by atoms with van der Waals surface area (Å²) in [7, 11) is 0. The van der Waals surface area contributed by atoms with E-state index in [9.17, 15) is 9.59 Å². The number of carboxylic acids is 2. The van der Waals surface area contributed by atoms with Crippen LogP contribution < -0.4 is 16.0 Å². The van der Waals surface area contributed by atoms with Crippen molar-refractivity contribution in [3.05, 3.63) is 58.6 Å². The molecule has 0 amide bonds. The molecule has 2 rings (SSSR count). The fraction of sp³-hybridized carbons (Fsp3) is 0.385. The summed E-state index contributed by atoms with van der Waals surface area (Å²) < 4.78 is 0. The van der Waals surface area contributed by atoms with Crippen molar-refractivity contribution >= 4 is 58.4 Å². The van der Waals surface area contributed by atoms with E-state index in [4.69, 9.17) is 101 Å². The molecule has 0 aromatic heterocycles. The molecule has 0 bridgehead atoms. The van der Waals surface area contributed by atoms with Crippen LogP contribution in [0.5, 0.6) is 0 Å². The maximum absolute atomic E-state index is 10.1. The molecule has 0 saturated heterocycles. The number of anilines is 2. The molecule has 0 aliphatic carbocycles. The van der Waals surface area contributed by atoms with Crippen LogP contribution in [0.3, 0.4) is 0 Å². The Labute approximate surface area is 276 Å². The summed E-state index contributed by atoms with van der Waals surface area (Å²) in [6, 6.07) is 14.1. The van der Waals surface area contributed by atoms with Crippen LogP contribution in [0.15, 0.2) is 48.5 Å². The number of aliphatic hydroxyl groups excluding tert-OH is 10. The van der Waals surface area contributed by atoms with E-state index >= 15 is 0 Å². The fourth-order valence-corrected chi connectivity index (χ4v) is 3.60. The van der Waals surface area contributed by atoms with Gasteiger partial charge in [0.25, 0.3) is 0 Å². The third-order valence-electron chi connectivity index (χ3n) is 5.68. The van der Waals surface area contributed by atoms with Gasteiger partial charge in [-0.2, -0.15) is 0 Å². The second-order valence-electron chi connectivity index (χ2n) is 9.15. The first kappa shape index (κ1) is 43.3. The number of nitrogens with two attached hydrogens (primary N) is 1. The van der Waals surface area contributed by atoms with E-state index in [-0.39, 0.29) is 11.9 Å². The van der Waals surface area contributed by atoms with Crippen LogP contribution in [-0.2, 0) is 9.59 Å². The van der Waals surface area contributed by atoms with Gasteiger partial charge in [-0.3, -0.25) is 21.0 Å². The Balaban J connectivity index is 0.000000714. The molecule has 0 saturated carbocycles. The predicted molar refractivity (Wildman–Crippen MR) is 165 cm³/mol. The van der Waals surface area contributed by atoms with Crippen molar-refractivity contribution < 1.29 is 70.9 Å². The molecule has 0 spiro atoms. The van der Waals surface area contributed by atoms with E-state index in [1.165, 1.54) is 4.90 Å². The van der Waals surface area contributed by atoms with Gasteiger partial charge in [0.05, 0.1) is 34.6 Å². The standard InChI is InChI=1S/C14H13Cl2N5.2C6H12O7/c15-9-5-1-3-7-11(9)21(14(19)20-13(17)18)12-8-4-2-6-10(12)16;2*7-1-2(8)3(9)4(10)5(11)6(12)13/h1-8H,(H5,17,18,19,20);2*2-5,7-11H,1H2,(H,12,13)/t;2*2-,3-,4+,5-/m.11/s1. The van der Waals surface area contributed by atoms with Gasteiger partial charge in [0, 0.05) is 0 Å². The second kappa shape index (κ2) is 21.2. The highest BCUT2D eigenvalue weighted by Gasteiger charge is 2.34. The van der Waals surface area contributed by atoms with Crippen LogP contribution in [0, 0.1) is 10.8 Å². The minimum atomic E-state index is -2.20. The Kier molecular flexibility index (Phi) is 19.6. The summed E-state index contributed by atoms with van der Waals surface area (Å²) in [4.78, 5) is 21.7. The van der Waals surface area contributed by atoms with Gasteiger partial charge in [0.2, 0.25) is 5.96 Å². The lowest BCUT2D eigenvalue weighted by atomic mass is 10.0. The van der Waals surface area contributed by atoms with Crippen molar-refractivity contribution in [1.82, 2.24) is 5.32 Å². The number of hydrogen-bond donors (Lipinski definition) is 16. The molecule has 47 heavy (non-hydrogen) atoms. The molecule has 0 fully saturated rings. The monoisotopic (exact) mass is 713 g/mol. The lowest BCUT2D eigenvalue weighted by Gasteiger charge is -2.27.